The fourth-order valence-corrected chi connectivity index (χ4v) is 6.00. The van der Waals surface area contributed by atoms with Crippen molar-refractivity contribution in [2.45, 2.75) is 63.1 Å². The molecule has 3 heterocycles. The van der Waals surface area contributed by atoms with Gasteiger partial charge in [-0.2, -0.15) is 0 Å². The van der Waals surface area contributed by atoms with Gasteiger partial charge in [0.15, 0.2) is 6.29 Å². The zero-order chi connectivity index (χ0) is 31.3. The summed E-state index contributed by atoms with van der Waals surface area (Å²) in [4.78, 5) is 41.6. The fraction of sp³-hybridized carbons (Fsp3) is 0.382. The number of hydrogen-bond donors (Lipinski definition) is 3. The number of aliphatic hydroxyl groups is 2. The molecule has 236 valence electrons. The number of rotatable bonds is 9. The Morgan fingerprint density at radius 3 is 2.36 bits per heavy atom. The molecule has 0 spiro atoms. The Morgan fingerprint density at radius 1 is 0.933 bits per heavy atom. The minimum absolute atomic E-state index is 0.0407. The molecule has 3 aliphatic heterocycles. The second-order valence-corrected chi connectivity index (χ2v) is 11.7. The number of amides is 3. The third-order valence-electron chi connectivity index (χ3n) is 8.40. The lowest BCUT2D eigenvalue weighted by Gasteiger charge is -2.38. The smallest absolute Gasteiger partial charge is 0.408 e. The molecule has 0 bridgehead atoms. The maximum Gasteiger partial charge on any atom is 0.408 e. The van der Waals surface area contributed by atoms with E-state index in [4.69, 9.17) is 14.2 Å². The molecule has 3 N–H and O–H groups in total. The molecule has 3 fully saturated rings. The van der Waals surface area contributed by atoms with Crippen LogP contribution < -0.4 is 10.2 Å². The average Bonchev–Trinajstić information content (AvgIpc) is 3.60. The molecule has 0 saturated carbocycles. The first-order chi connectivity index (χ1) is 21.9. The molecule has 0 aromatic heterocycles. The predicted molar refractivity (Wildman–Crippen MR) is 163 cm³/mol. The van der Waals surface area contributed by atoms with Gasteiger partial charge in [0.25, 0.3) is 5.91 Å². The molecule has 11 heteroatoms. The maximum atomic E-state index is 13.1. The molecule has 11 nitrogen and oxygen atoms in total. The Kier molecular flexibility index (Phi) is 9.53. The summed E-state index contributed by atoms with van der Waals surface area (Å²) in [7, 11) is 0. The molecular weight excluding hydrogens is 578 g/mol. The van der Waals surface area contributed by atoms with E-state index in [1.165, 1.54) is 0 Å². The van der Waals surface area contributed by atoms with Crippen molar-refractivity contribution in [2.24, 2.45) is 0 Å². The summed E-state index contributed by atoms with van der Waals surface area (Å²) >= 11 is 0. The summed E-state index contributed by atoms with van der Waals surface area (Å²) in [5.74, 6) is -0.959. The van der Waals surface area contributed by atoms with Gasteiger partial charge in [0.2, 0.25) is 5.91 Å². The van der Waals surface area contributed by atoms with Gasteiger partial charge in [-0.25, -0.2) is 9.69 Å². The molecule has 6 rings (SSSR count). The zero-order valence-electron chi connectivity index (χ0n) is 24.8. The molecule has 3 aromatic rings. The van der Waals surface area contributed by atoms with E-state index in [2.05, 4.69) is 10.2 Å². The highest BCUT2D eigenvalue weighted by molar-refractivity contribution is 6.22. The van der Waals surface area contributed by atoms with Crippen LogP contribution in [0.25, 0.3) is 0 Å². The van der Waals surface area contributed by atoms with Gasteiger partial charge in [-0.3, -0.25) is 14.5 Å². The Labute approximate surface area is 261 Å². The number of alkyl carbamates (subject to hydrolysis) is 1. The van der Waals surface area contributed by atoms with Crippen molar-refractivity contribution in [3.8, 4) is 0 Å². The van der Waals surface area contributed by atoms with E-state index in [0.717, 1.165) is 40.1 Å². The largest absolute Gasteiger partial charge is 0.445 e. The number of ether oxygens (including phenoxy) is 3. The Hall–Kier alpha value is -4.13. The van der Waals surface area contributed by atoms with Gasteiger partial charge in [0.05, 0.1) is 37.0 Å². The van der Waals surface area contributed by atoms with E-state index in [9.17, 15) is 24.6 Å². The second-order valence-electron chi connectivity index (χ2n) is 11.7. The monoisotopic (exact) mass is 615 g/mol. The Bertz CT molecular complexity index is 1480. The number of carbonyl (C=O) groups is 3. The van der Waals surface area contributed by atoms with Crippen molar-refractivity contribution in [3.05, 3.63) is 101 Å². The summed E-state index contributed by atoms with van der Waals surface area (Å²) in [6, 6.07) is 22.7. The van der Waals surface area contributed by atoms with Gasteiger partial charge < -0.3 is 29.7 Å². The average molecular weight is 616 g/mol. The molecule has 0 radical (unpaired) electrons. The van der Waals surface area contributed by atoms with Gasteiger partial charge in [-0.1, -0.05) is 66.7 Å². The van der Waals surface area contributed by atoms with Crippen molar-refractivity contribution in [1.82, 2.24) is 10.2 Å². The quantitative estimate of drug-likeness (QED) is 0.310. The number of imide groups is 1. The van der Waals surface area contributed by atoms with Crippen molar-refractivity contribution in [1.29, 1.82) is 0 Å². The number of aliphatic hydroxyl groups excluding tert-OH is 2. The number of benzene rings is 3. The molecule has 5 unspecified atom stereocenters. The van der Waals surface area contributed by atoms with Crippen LogP contribution >= 0.6 is 0 Å². The van der Waals surface area contributed by atoms with E-state index in [-0.39, 0.29) is 37.9 Å². The number of nitrogens with zero attached hydrogens (tertiary/aromatic N) is 2. The van der Waals surface area contributed by atoms with E-state index < -0.39 is 30.2 Å². The van der Waals surface area contributed by atoms with Gasteiger partial charge in [-0.15, -0.1) is 0 Å². The van der Waals surface area contributed by atoms with E-state index in [1.807, 2.05) is 54.6 Å². The third kappa shape index (κ3) is 7.41. The highest BCUT2D eigenvalue weighted by Crippen LogP contribution is 2.39. The number of β-amino-alcohol motifs (C(OH)–C–C–N with tert-alkyl or cyclic N) is 1. The van der Waals surface area contributed by atoms with Crippen LogP contribution in [0.2, 0.25) is 0 Å². The first kappa shape index (κ1) is 30.9. The highest BCUT2D eigenvalue weighted by atomic mass is 16.7. The van der Waals surface area contributed by atoms with Crippen LogP contribution in [0.15, 0.2) is 78.9 Å². The van der Waals surface area contributed by atoms with Crippen molar-refractivity contribution >= 4 is 23.6 Å². The molecule has 3 saturated heterocycles. The topological polar surface area (TPSA) is 138 Å². The van der Waals surface area contributed by atoms with Crippen molar-refractivity contribution < 1.29 is 38.8 Å². The van der Waals surface area contributed by atoms with Crippen LogP contribution in [-0.4, -0.2) is 70.9 Å². The first-order valence-corrected chi connectivity index (χ1v) is 15.2. The van der Waals surface area contributed by atoms with Crippen LogP contribution in [0.1, 0.15) is 53.9 Å². The van der Waals surface area contributed by atoms with E-state index in [1.54, 1.807) is 24.3 Å². The molecular formula is C34H37N3O8. The standard InChI is InChI=1S/C34H37N3O8/c38-20-22-6-8-24(9-7-22)30-16-28(19-36-15-14-27(39)18-36)44-33(45-30)25-10-12-26(13-11-25)37-31(40)17-29(32(37)41)35-34(42)43-21-23-4-2-1-3-5-23/h1-13,27-30,33,38-39H,14-21H2,(H,35,42). The van der Waals surface area contributed by atoms with Gasteiger partial charge in [0, 0.05) is 31.6 Å². The molecule has 3 aliphatic rings. The highest BCUT2D eigenvalue weighted by Gasteiger charge is 2.41. The Balaban J connectivity index is 1.12. The van der Waals surface area contributed by atoms with Crippen LogP contribution in [0, 0.1) is 0 Å². The fourth-order valence-electron chi connectivity index (χ4n) is 6.00. The maximum absolute atomic E-state index is 13.1. The van der Waals surface area contributed by atoms with Gasteiger partial charge in [-0.05, 0) is 35.2 Å². The molecule has 45 heavy (non-hydrogen) atoms. The normalized spacial score (nSPS) is 25.5. The SMILES string of the molecule is O=C(NC1CC(=O)N(c2ccc(C3OC(CN4CCC(O)C4)CC(c4ccc(CO)cc4)O3)cc2)C1=O)OCc1ccccc1. The lowest BCUT2D eigenvalue weighted by molar-refractivity contribution is -0.252. The summed E-state index contributed by atoms with van der Waals surface area (Å²) in [5, 5.41) is 22.0. The van der Waals surface area contributed by atoms with Gasteiger partial charge in [0.1, 0.15) is 12.6 Å². The predicted octanol–water partition coefficient (Wildman–Crippen LogP) is 3.35. The lowest BCUT2D eigenvalue weighted by Crippen LogP contribution is -2.42. The van der Waals surface area contributed by atoms with Gasteiger partial charge >= 0.3 is 6.09 Å². The number of hydrogen-bond acceptors (Lipinski definition) is 9. The van der Waals surface area contributed by atoms with Crippen molar-refractivity contribution in [3.63, 3.8) is 0 Å². The first-order valence-electron chi connectivity index (χ1n) is 15.2. The molecule has 0 aliphatic carbocycles. The van der Waals surface area contributed by atoms with Crippen LogP contribution in [-0.2, 0) is 37.0 Å². The number of anilines is 1. The number of carbonyl (C=O) groups excluding carboxylic acids is 3. The minimum atomic E-state index is -1.02. The molecule has 5 atom stereocenters. The zero-order valence-corrected chi connectivity index (χ0v) is 24.8. The van der Waals surface area contributed by atoms with E-state index >= 15 is 0 Å². The lowest BCUT2D eigenvalue weighted by atomic mass is 9.99. The minimum Gasteiger partial charge on any atom is -0.445 e. The van der Waals surface area contributed by atoms with Crippen molar-refractivity contribution in [2.75, 3.05) is 24.5 Å². The second kappa shape index (κ2) is 13.9. The Morgan fingerprint density at radius 2 is 1.67 bits per heavy atom. The number of likely N-dealkylation sites (tertiary alicyclic amines) is 1. The van der Waals surface area contributed by atoms with E-state index in [0.29, 0.717) is 25.2 Å². The summed E-state index contributed by atoms with van der Waals surface area (Å²) in [6.45, 7) is 2.07. The summed E-state index contributed by atoms with van der Waals surface area (Å²) in [5.41, 5.74) is 3.69. The summed E-state index contributed by atoms with van der Waals surface area (Å²) < 4.78 is 18.0. The summed E-state index contributed by atoms with van der Waals surface area (Å²) in [6.07, 6.45) is -1.03. The molecule has 3 amide bonds. The van der Waals surface area contributed by atoms with Crippen LogP contribution in [0.5, 0.6) is 0 Å². The van der Waals surface area contributed by atoms with Crippen LogP contribution in [0.4, 0.5) is 10.5 Å². The number of nitrogens with one attached hydrogen (secondary N) is 1. The molecule has 3 aromatic carbocycles. The third-order valence-corrected chi connectivity index (χ3v) is 8.40. The van der Waals surface area contributed by atoms with Crippen LogP contribution in [0.3, 0.4) is 0 Å².